The van der Waals surface area contributed by atoms with E-state index in [-0.39, 0.29) is 5.69 Å². The lowest BCUT2D eigenvalue weighted by Gasteiger charge is -1.95. The maximum atomic E-state index is 10.7. The van der Waals surface area contributed by atoms with Crippen LogP contribution in [0.25, 0.3) is 4.96 Å². The number of carbonyl (C=O) groups is 1. The average molecular weight is 248 g/mol. The second-order valence-electron chi connectivity index (χ2n) is 3.56. The summed E-state index contributed by atoms with van der Waals surface area (Å²) in [5.74, 6) is -1.02. The predicted octanol–water partition coefficient (Wildman–Crippen LogP) is 1.34. The van der Waals surface area contributed by atoms with Crippen LogP contribution in [-0.4, -0.2) is 30.0 Å². The van der Waals surface area contributed by atoms with Crippen LogP contribution in [0.5, 0.6) is 0 Å². The lowest BCUT2D eigenvalue weighted by Crippen LogP contribution is -1.98. The van der Waals surface area contributed by atoms with E-state index in [1.54, 1.807) is 15.9 Å². The Morgan fingerprint density at radius 1 is 1.47 bits per heavy atom. The molecule has 17 heavy (non-hydrogen) atoms. The minimum atomic E-state index is -1.02. The van der Waals surface area contributed by atoms with E-state index in [9.17, 15) is 4.79 Å². The lowest BCUT2D eigenvalue weighted by molar-refractivity contribution is 0.0691. The van der Waals surface area contributed by atoms with Crippen LogP contribution < -0.4 is 0 Å². The molecule has 0 unspecified atom stereocenters. The minimum Gasteiger partial charge on any atom is -0.476 e. The Kier molecular flexibility index (Phi) is 2.19. The van der Waals surface area contributed by atoms with E-state index >= 15 is 0 Å². The van der Waals surface area contributed by atoms with Crippen molar-refractivity contribution < 1.29 is 9.90 Å². The van der Waals surface area contributed by atoms with Crippen molar-refractivity contribution in [3.05, 3.63) is 41.7 Å². The van der Waals surface area contributed by atoms with Gasteiger partial charge in [0.15, 0.2) is 10.7 Å². The van der Waals surface area contributed by atoms with Crippen LogP contribution in [0, 0.1) is 0 Å². The van der Waals surface area contributed by atoms with Crippen molar-refractivity contribution >= 4 is 22.3 Å². The molecule has 0 amide bonds. The number of fused-ring (bicyclic) bond motifs is 1. The summed E-state index contributed by atoms with van der Waals surface area (Å²) in [7, 11) is 0. The van der Waals surface area contributed by atoms with Gasteiger partial charge in [0.1, 0.15) is 0 Å². The summed E-state index contributed by atoms with van der Waals surface area (Å²) in [6, 6.07) is 0. The largest absolute Gasteiger partial charge is 0.476 e. The first-order chi connectivity index (χ1) is 8.22. The third-order valence-electron chi connectivity index (χ3n) is 2.34. The molecule has 0 fully saturated rings. The molecule has 3 rings (SSSR count). The monoisotopic (exact) mass is 248 g/mol. The molecule has 0 saturated carbocycles. The van der Waals surface area contributed by atoms with Gasteiger partial charge in [0.2, 0.25) is 0 Å². The van der Waals surface area contributed by atoms with E-state index in [0.29, 0.717) is 6.54 Å². The molecule has 0 spiro atoms. The number of aromatic nitrogens is 4. The van der Waals surface area contributed by atoms with Gasteiger partial charge in [-0.1, -0.05) is 0 Å². The van der Waals surface area contributed by atoms with Gasteiger partial charge in [0, 0.05) is 24.0 Å². The molecule has 0 aliphatic heterocycles. The molecule has 7 heteroatoms. The number of imidazole rings is 2. The quantitative estimate of drug-likeness (QED) is 0.759. The Balaban J connectivity index is 1.86. The highest BCUT2D eigenvalue weighted by Gasteiger charge is 2.08. The van der Waals surface area contributed by atoms with Crippen LogP contribution in [0.2, 0.25) is 0 Å². The number of thiazole rings is 1. The maximum Gasteiger partial charge on any atom is 0.356 e. The van der Waals surface area contributed by atoms with Gasteiger partial charge in [-0.05, 0) is 0 Å². The number of hydrogen-bond donors (Lipinski definition) is 1. The van der Waals surface area contributed by atoms with Crippen LogP contribution in [0.4, 0.5) is 0 Å². The first-order valence-corrected chi connectivity index (χ1v) is 5.76. The van der Waals surface area contributed by atoms with Crippen molar-refractivity contribution in [1.29, 1.82) is 0 Å². The topological polar surface area (TPSA) is 72.4 Å². The van der Waals surface area contributed by atoms with E-state index < -0.39 is 5.97 Å². The van der Waals surface area contributed by atoms with Crippen LogP contribution in [0.3, 0.4) is 0 Å². The third kappa shape index (κ3) is 1.80. The van der Waals surface area contributed by atoms with Crippen LogP contribution in [-0.2, 0) is 6.54 Å². The molecule has 0 radical (unpaired) electrons. The zero-order chi connectivity index (χ0) is 11.8. The molecule has 3 aromatic heterocycles. The standard InChI is InChI=1S/C10H8N4O2S/c15-9(16)8-5-13(6-11-8)3-7-4-14-1-2-17-10(14)12-7/h1-2,4-6H,3H2,(H,15,16). The summed E-state index contributed by atoms with van der Waals surface area (Å²) in [5, 5.41) is 10.7. The molecule has 3 aromatic rings. The molecule has 0 aliphatic carbocycles. The number of rotatable bonds is 3. The van der Waals surface area contributed by atoms with Gasteiger partial charge in [-0.2, -0.15) is 0 Å². The minimum absolute atomic E-state index is 0.0472. The average Bonchev–Trinajstić information content (AvgIpc) is 2.91. The van der Waals surface area contributed by atoms with Crippen molar-refractivity contribution in [1.82, 2.24) is 18.9 Å². The Morgan fingerprint density at radius 2 is 2.35 bits per heavy atom. The second-order valence-corrected chi connectivity index (χ2v) is 4.43. The summed E-state index contributed by atoms with van der Waals surface area (Å²) in [5.41, 5.74) is 0.928. The molecule has 86 valence electrons. The fraction of sp³-hybridized carbons (Fsp3) is 0.100. The molecule has 0 bridgehead atoms. The Hall–Kier alpha value is -2.15. The zero-order valence-corrected chi connectivity index (χ0v) is 9.46. The molecule has 6 nitrogen and oxygen atoms in total. The summed E-state index contributed by atoms with van der Waals surface area (Å²) < 4.78 is 3.64. The molecule has 0 aliphatic rings. The number of aromatic carboxylic acids is 1. The van der Waals surface area contributed by atoms with Crippen molar-refractivity contribution in [2.24, 2.45) is 0 Å². The van der Waals surface area contributed by atoms with Gasteiger partial charge in [0.25, 0.3) is 0 Å². The van der Waals surface area contributed by atoms with Gasteiger partial charge in [-0.3, -0.25) is 4.40 Å². The van der Waals surface area contributed by atoms with Gasteiger partial charge in [-0.25, -0.2) is 14.8 Å². The molecule has 0 saturated heterocycles. The van der Waals surface area contributed by atoms with E-state index in [1.165, 1.54) is 12.5 Å². The lowest BCUT2D eigenvalue weighted by atomic mass is 10.4. The van der Waals surface area contributed by atoms with E-state index in [1.807, 2.05) is 22.2 Å². The molecule has 0 aromatic carbocycles. The van der Waals surface area contributed by atoms with Gasteiger partial charge in [0.05, 0.1) is 18.6 Å². The second kappa shape index (κ2) is 3.70. The maximum absolute atomic E-state index is 10.7. The summed E-state index contributed by atoms with van der Waals surface area (Å²) in [6.07, 6.45) is 6.85. The predicted molar refractivity (Wildman–Crippen MR) is 61.4 cm³/mol. The first kappa shape index (κ1) is 10.0. The van der Waals surface area contributed by atoms with Crippen LogP contribution >= 0.6 is 11.3 Å². The first-order valence-electron chi connectivity index (χ1n) is 4.88. The molecular formula is C10H8N4O2S. The summed E-state index contributed by atoms with van der Waals surface area (Å²) in [6.45, 7) is 0.523. The normalized spacial score (nSPS) is 11.1. The number of hydrogen-bond acceptors (Lipinski definition) is 4. The van der Waals surface area contributed by atoms with E-state index in [4.69, 9.17) is 5.11 Å². The van der Waals surface area contributed by atoms with E-state index in [0.717, 1.165) is 10.7 Å². The number of carboxylic acids is 1. The number of nitrogens with zero attached hydrogens (tertiary/aromatic N) is 4. The fourth-order valence-corrected chi connectivity index (χ4v) is 2.32. The van der Waals surface area contributed by atoms with Crippen molar-refractivity contribution in [3.8, 4) is 0 Å². The highest BCUT2D eigenvalue weighted by atomic mass is 32.1. The van der Waals surface area contributed by atoms with Crippen molar-refractivity contribution in [3.63, 3.8) is 0 Å². The highest BCUT2D eigenvalue weighted by molar-refractivity contribution is 7.15. The molecular weight excluding hydrogens is 240 g/mol. The van der Waals surface area contributed by atoms with E-state index in [2.05, 4.69) is 9.97 Å². The summed E-state index contributed by atoms with van der Waals surface area (Å²) >= 11 is 1.56. The number of carboxylic acid groups (broad SMARTS) is 1. The SMILES string of the molecule is O=C(O)c1cn(Cc2cn3ccsc3n2)cn1. The van der Waals surface area contributed by atoms with Crippen molar-refractivity contribution in [2.75, 3.05) is 0 Å². The van der Waals surface area contributed by atoms with Crippen molar-refractivity contribution in [2.45, 2.75) is 6.54 Å². The van der Waals surface area contributed by atoms with Gasteiger partial charge < -0.3 is 9.67 Å². The highest BCUT2D eigenvalue weighted by Crippen LogP contribution is 2.12. The van der Waals surface area contributed by atoms with Crippen LogP contribution in [0.15, 0.2) is 30.3 Å². The Bertz CT molecular complexity index is 653. The summed E-state index contributed by atoms with van der Waals surface area (Å²) in [4.78, 5) is 19.8. The van der Waals surface area contributed by atoms with Gasteiger partial charge in [-0.15, -0.1) is 11.3 Å². The molecule has 3 heterocycles. The zero-order valence-electron chi connectivity index (χ0n) is 8.65. The Morgan fingerprint density at radius 3 is 3.06 bits per heavy atom. The molecule has 0 atom stereocenters. The molecule has 1 N–H and O–H groups in total. The van der Waals surface area contributed by atoms with Gasteiger partial charge >= 0.3 is 5.97 Å². The van der Waals surface area contributed by atoms with Crippen LogP contribution in [0.1, 0.15) is 16.2 Å². The smallest absolute Gasteiger partial charge is 0.356 e. The third-order valence-corrected chi connectivity index (χ3v) is 3.11. The fourth-order valence-electron chi connectivity index (χ4n) is 1.60. The Labute approximate surface area is 99.8 Å².